The maximum atomic E-state index is 13.6. The number of nitrogens with zero attached hydrogens (tertiary/aromatic N) is 2. The highest BCUT2D eigenvalue weighted by Gasteiger charge is 2.45. The number of carbonyl (C=O) groups is 1. The van der Waals surface area contributed by atoms with Gasteiger partial charge in [0.2, 0.25) is 0 Å². The molecule has 0 spiro atoms. The molecule has 0 bridgehead atoms. The van der Waals surface area contributed by atoms with Gasteiger partial charge in [0.05, 0.1) is 21.8 Å². The van der Waals surface area contributed by atoms with Crippen LogP contribution < -0.4 is 10.6 Å². The summed E-state index contributed by atoms with van der Waals surface area (Å²) in [7, 11) is 0. The van der Waals surface area contributed by atoms with Crippen LogP contribution in [0.4, 0.5) is 5.69 Å². The van der Waals surface area contributed by atoms with E-state index in [2.05, 4.69) is 39.0 Å². The molecule has 0 unspecified atom stereocenters. The summed E-state index contributed by atoms with van der Waals surface area (Å²) < 4.78 is 1.14. The summed E-state index contributed by atoms with van der Waals surface area (Å²) in [6.45, 7) is 8.35. The number of carbonyl (C=O) groups excluding carboxylic acids is 1. The fourth-order valence-electron chi connectivity index (χ4n) is 4.76. The van der Waals surface area contributed by atoms with Gasteiger partial charge in [-0.1, -0.05) is 26.0 Å². The van der Waals surface area contributed by atoms with Crippen LogP contribution in [0, 0.1) is 30.6 Å². The molecule has 2 aromatic rings. The van der Waals surface area contributed by atoms with Gasteiger partial charge in [-0.25, -0.2) is 0 Å². The molecule has 1 aliphatic carbocycles. The average Bonchev–Trinajstić information content (AvgIpc) is 3.06. The van der Waals surface area contributed by atoms with Crippen molar-refractivity contribution in [2.75, 3.05) is 11.2 Å². The van der Waals surface area contributed by atoms with Crippen LogP contribution >= 0.6 is 23.1 Å². The molecule has 0 saturated heterocycles. The van der Waals surface area contributed by atoms with Gasteiger partial charge in [-0.3, -0.25) is 9.69 Å². The molecule has 1 aliphatic heterocycles. The number of benzene rings is 1. The first-order valence-electron chi connectivity index (χ1n) is 10.3. The van der Waals surface area contributed by atoms with Gasteiger partial charge in [0.1, 0.15) is 5.82 Å². The Balaban J connectivity index is 2.03. The second-order valence-corrected chi connectivity index (χ2v) is 11.5. The predicted molar refractivity (Wildman–Crippen MR) is 129 cm³/mol. The number of nitrogens with two attached hydrogens (primary N) is 1. The zero-order valence-electron chi connectivity index (χ0n) is 18.6. The first kappa shape index (κ1) is 21.7. The first-order valence-corrected chi connectivity index (χ1v) is 12.4. The summed E-state index contributed by atoms with van der Waals surface area (Å²) in [5.74, 6) is 0.139. The van der Waals surface area contributed by atoms with E-state index in [4.69, 9.17) is 5.73 Å². The van der Waals surface area contributed by atoms with Crippen molar-refractivity contribution in [3.05, 3.63) is 69.0 Å². The van der Waals surface area contributed by atoms with E-state index < -0.39 is 5.92 Å². The van der Waals surface area contributed by atoms with Gasteiger partial charge in [-0.05, 0) is 61.3 Å². The number of nitriles is 1. The van der Waals surface area contributed by atoms with Crippen molar-refractivity contribution in [1.29, 1.82) is 5.26 Å². The van der Waals surface area contributed by atoms with Crippen molar-refractivity contribution in [1.82, 2.24) is 0 Å². The Bertz CT molecular complexity index is 1180. The minimum atomic E-state index is -0.406. The van der Waals surface area contributed by atoms with E-state index in [1.807, 2.05) is 36.3 Å². The normalized spacial score (nSPS) is 20.7. The molecule has 4 rings (SSSR count). The Morgan fingerprint density at radius 2 is 2.00 bits per heavy atom. The highest BCUT2D eigenvalue weighted by Crippen LogP contribution is 2.52. The molecule has 0 radical (unpaired) electrons. The van der Waals surface area contributed by atoms with Gasteiger partial charge >= 0.3 is 0 Å². The second-order valence-electron chi connectivity index (χ2n) is 9.12. The zero-order valence-corrected chi connectivity index (χ0v) is 20.2. The van der Waals surface area contributed by atoms with Gasteiger partial charge in [0.25, 0.3) is 0 Å². The number of aryl methyl sites for hydroxylation is 2. The standard InChI is InChI=1S/C25H27N3OS2/c1-14-7-6-8-16(9-14)28-19-11-25(3,4)12-20(29)22(19)21(18(13-26)23(28)27)17-10-15(2)31-24(17)30-5/h6-10,21H,11-12,27H2,1-5H3/t21-/m0/s1. The Morgan fingerprint density at radius 3 is 2.65 bits per heavy atom. The molecule has 0 fully saturated rings. The van der Waals surface area contributed by atoms with E-state index in [-0.39, 0.29) is 11.2 Å². The van der Waals surface area contributed by atoms with Crippen LogP contribution in [0.2, 0.25) is 0 Å². The van der Waals surface area contributed by atoms with E-state index in [0.29, 0.717) is 17.8 Å². The molecular weight excluding hydrogens is 422 g/mol. The summed E-state index contributed by atoms with van der Waals surface area (Å²) >= 11 is 3.37. The number of Topliss-reactive ketones (excluding diaryl/α,β-unsaturated/α-hetero) is 1. The number of rotatable bonds is 3. The lowest BCUT2D eigenvalue weighted by atomic mass is 9.69. The minimum Gasteiger partial charge on any atom is -0.384 e. The van der Waals surface area contributed by atoms with E-state index in [9.17, 15) is 10.1 Å². The third kappa shape index (κ3) is 3.71. The Morgan fingerprint density at radius 1 is 1.26 bits per heavy atom. The SMILES string of the molecule is CSc1sc(C)cc1[C@H]1C(C#N)=C(N)N(c2cccc(C)c2)C2=C1C(=O)CC(C)(C)C2. The fraction of sp³-hybridized carbons (Fsp3) is 0.360. The van der Waals surface area contributed by atoms with Crippen LogP contribution in [0.3, 0.4) is 0 Å². The summed E-state index contributed by atoms with van der Waals surface area (Å²) in [6, 6.07) is 12.6. The summed E-state index contributed by atoms with van der Waals surface area (Å²) in [5.41, 5.74) is 11.7. The third-order valence-corrected chi connectivity index (χ3v) is 8.20. The number of thioether (sulfide) groups is 1. The predicted octanol–water partition coefficient (Wildman–Crippen LogP) is 6.03. The number of thiophene rings is 1. The summed E-state index contributed by atoms with van der Waals surface area (Å²) in [5, 5.41) is 10.2. The topological polar surface area (TPSA) is 70.1 Å². The third-order valence-electron chi connectivity index (χ3n) is 5.99. The van der Waals surface area contributed by atoms with E-state index in [0.717, 1.165) is 38.7 Å². The quantitative estimate of drug-likeness (QED) is 0.580. The molecule has 1 atom stereocenters. The minimum absolute atomic E-state index is 0.116. The van der Waals surface area contributed by atoms with E-state index >= 15 is 0 Å². The largest absolute Gasteiger partial charge is 0.384 e. The lowest BCUT2D eigenvalue weighted by Gasteiger charge is -2.43. The Labute approximate surface area is 192 Å². The van der Waals surface area contributed by atoms with Gasteiger partial charge < -0.3 is 5.73 Å². The van der Waals surface area contributed by atoms with Crippen LogP contribution in [0.1, 0.15) is 48.6 Å². The number of hydrogen-bond donors (Lipinski definition) is 1. The maximum Gasteiger partial charge on any atom is 0.162 e. The Kier molecular flexibility index (Phi) is 5.53. The summed E-state index contributed by atoms with van der Waals surface area (Å²) in [4.78, 5) is 16.7. The van der Waals surface area contributed by atoms with Gasteiger partial charge in [0, 0.05) is 28.3 Å². The van der Waals surface area contributed by atoms with Crippen molar-refractivity contribution in [3.63, 3.8) is 0 Å². The van der Waals surface area contributed by atoms with E-state index in [1.54, 1.807) is 23.1 Å². The molecular formula is C25H27N3OS2. The molecule has 160 valence electrons. The molecule has 0 amide bonds. The molecule has 0 saturated carbocycles. The molecule has 1 aromatic carbocycles. The fourth-order valence-corrected chi connectivity index (χ4v) is 6.67. The number of allylic oxidation sites excluding steroid dienone is 3. The average molecular weight is 450 g/mol. The highest BCUT2D eigenvalue weighted by atomic mass is 32.2. The number of anilines is 1. The van der Waals surface area contributed by atoms with Crippen LogP contribution in [0.5, 0.6) is 0 Å². The summed E-state index contributed by atoms with van der Waals surface area (Å²) in [6.07, 6.45) is 3.24. The van der Waals surface area contributed by atoms with Crippen molar-refractivity contribution in [2.24, 2.45) is 11.1 Å². The van der Waals surface area contributed by atoms with Crippen LogP contribution in [0.25, 0.3) is 0 Å². The molecule has 31 heavy (non-hydrogen) atoms. The van der Waals surface area contributed by atoms with Gasteiger partial charge in [0.15, 0.2) is 5.78 Å². The number of ketones is 1. The molecule has 2 heterocycles. The molecule has 4 nitrogen and oxygen atoms in total. The number of hydrogen-bond acceptors (Lipinski definition) is 6. The van der Waals surface area contributed by atoms with Gasteiger partial charge in [-0.15, -0.1) is 23.1 Å². The van der Waals surface area contributed by atoms with Gasteiger partial charge in [-0.2, -0.15) is 5.26 Å². The second kappa shape index (κ2) is 7.89. The molecule has 1 aromatic heterocycles. The maximum absolute atomic E-state index is 13.6. The zero-order chi connectivity index (χ0) is 22.5. The lowest BCUT2D eigenvalue weighted by Crippen LogP contribution is -2.42. The first-order chi connectivity index (χ1) is 14.7. The van der Waals surface area contributed by atoms with Crippen molar-refractivity contribution >= 4 is 34.6 Å². The molecule has 6 heteroatoms. The molecule has 2 aliphatic rings. The van der Waals surface area contributed by atoms with Crippen molar-refractivity contribution < 1.29 is 4.79 Å². The lowest BCUT2D eigenvalue weighted by molar-refractivity contribution is -0.118. The molecule has 2 N–H and O–H groups in total. The van der Waals surface area contributed by atoms with Crippen molar-refractivity contribution in [3.8, 4) is 6.07 Å². The van der Waals surface area contributed by atoms with E-state index in [1.165, 1.54) is 4.88 Å². The van der Waals surface area contributed by atoms with Crippen LogP contribution in [-0.2, 0) is 4.79 Å². The monoisotopic (exact) mass is 449 g/mol. The van der Waals surface area contributed by atoms with Crippen LogP contribution in [-0.4, -0.2) is 12.0 Å². The van der Waals surface area contributed by atoms with Crippen molar-refractivity contribution in [2.45, 2.75) is 50.7 Å². The highest BCUT2D eigenvalue weighted by molar-refractivity contribution is 8.00. The van der Waals surface area contributed by atoms with Crippen LogP contribution in [0.15, 0.2) is 57.2 Å². The smallest absolute Gasteiger partial charge is 0.162 e. The Hall–Kier alpha value is -2.49.